The molecule has 36 heavy (non-hydrogen) atoms. The maximum absolute atomic E-state index is 7.99. The number of nitrogens with two attached hydrogens (primary N) is 2. The van der Waals surface area contributed by atoms with Crippen LogP contribution in [-0.2, 0) is 19.3 Å². The lowest BCUT2D eigenvalue weighted by molar-refractivity contribution is 0.305. The Morgan fingerprint density at radius 3 is 2.64 bits per heavy atom. The molecule has 0 spiro atoms. The fourth-order valence-electron chi connectivity index (χ4n) is 4.62. The predicted octanol–water partition coefficient (Wildman–Crippen LogP) is 4.32. The molecule has 0 radical (unpaired) electrons. The first kappa shape index (κ1) is 27.2. The van der Waals surface area contributed by atoms with Crippen molar-refractivity contribution in [2.75, 3.05) is 49.3 Å². The topological polar surface area (TPSA) is 106 Å². The van der Waals surface area contributed by atoms with Crippen molar-refractivity contribution in [3.63, 3.8) is 0 Å². The zero-order chi connectivity index (χ0) is 26.1. The van der Waals surface area contributed by atoms with Gasteiger partial charge in [-0.15, -0.1) is 0 Å². The Morgan fingerprint density at radius 2 is 1.94 bits per heavy atom. The van der Waals surface area contributed by atoms with E-state index in [9.17, 15) is 0 Å². The normalized spacial score (nSPS) is 13.1. The van der Waals surface area contributed by atoms with Gasteiger partial charge in [-0.05, 0) is 78.3 Å². The third kappa shape index (κ3) is 6.63. The first-order chi connectivity index (χ1) is 17.4. The second kappa shape index (κ2) is 13.1. The Balaban J connectivity index is 1.70. The van der Waals surface area contributed by atoms with E-state index in [-0.39, 0.29) is 0 Å². The molecule has 0 amide bonds. The molecule has 0 saturated heterocycles. The van der Waals surface area contributed by atoms with Crippen molar-refractivity contribution in [1.29, 1.82) is 5.41 Å². The van der Waals surface area contributed by atoms with E-state index in [0.717, 1.165) is 73.5 Å². The molecule has 0 fully saturated rings. The molecule has 0 aromatic heterocycles. The number of allylic oxidation sites excluding steroid dienone is 1. The van der Waals surface area contributed by atoms with Crippen LogP contribution < -0.4 is 27.2 Å². The summed E-state index contributed by atoms with van der Waals surface area (Å²) in [6, 6.07) is 10.4. The van der Waals surface area contributed by atoms with Gasteiger partial charge >= 0.3 is 0 Å². The Bertz CT molecular complexity index is 1120. The molecular formula is C29H41N7. The lowest BCUT2D eigenvalue weighted by Crippen LogP contribution is -2.34. The molecule has 1 aliphatic rings. The van der Waals surface area contributed by atoms with Crippen LogP contribution in [0.2, 0.25) is 0 Å². The highest BCUT2D eigenvalue weighted by Gasteiger charge is 2.19. The molecule has 0 saturated carbocycles. The van der Waals surface area contributed by atoms with E-state index in [1.165, 1.54) is 33.5 Å². The summed E-state index contributed by atoms with van der Waals surface area (Å²) in [5.74, 6) is 6.07. The summed E-state index contributed by atoms with van der Waals surface area (Å²) in [5.41, 5.74) is 16.2. The standard InChI is InChI=1S/C29H41N7/c1-5-23-8-10-25(17-28(23)36(32)6-2)34-19-22(18-30)20-35(16-14-33-4)15-13-24-9-12-26-21(3)7-11-27(26)29(24)31/h6,8-10,12,17-19,30,33-34H,2-3,5,7,11,13-16,20,31-32H2,1,4H3/b22-19+,30-18?. The average molecular weight is 488 g/mol. The molecule has 3 rings (SSSR count). The Kier molecular flexibility index (Phi) is 9.87. The minimum atomic E-state index is 0.662. The molecule has 7 nitrogen and oxygen atoms in total. The fraction of sp³-hybridized carbons (Fsp3) is 0.345. The van der Waals surface area contributed by atoms with Crippen molar-refractivity contribution in [3.8, 4) is 0 Å². The number of fused-ring (bicyclic) bond motifs is 1. The van der Waals surface area contributed by atoms with Crippen molar-refractivity contribution in [1.82, 2.24) is 10.2 Å². The fourth-order valence-corrected chi connectivity index (χ4v) is 4.62. The molecule has 0 unspecified atom stereocenters. The van der Waals surface area contributed by atoms with Crippen molar-refractivity contribution in [2.24, 2.45) is 5.84 Å². The van der Waals surface area contributed by atoms with Crippen molar-refractivity contribution >= 4 is 28.8 Å². The number of rotatable bonds is 14. The summed E-state index contributed by atoms with van der Waals surface area (Å²) >= 11 is 0. The number of hydrogen-bond acceptors (Lipinski definition) is 7. The highest BCUT2D eigenvalue weighted by Crippen LogP contribution is 2.36. The van der Waals surface area contributed by atoms with Crippen LogP contribution in [-0.4, -0.2) is 44.3 Å². The first-order valence-corrected chi connectivity index (χ1v) is 12.6. The number of anilines is 3. The molecular weight excluding hydrogens is 446 g/mol. The molecule has 0 bridgehead atoms. The number of benzene rings is 2. The van der Waals surface area contributed by atoms with E-state index in [4.69, 9.17) is 17.0 Å². The summed E-state index contributed by atoms with van der Waals surface area (Å²) in [5, 5.41) is 16.1. The number of aryl methyl sites for hydroxylation is 1. The summed E-state index contributed by atoms with van der Waals surface area (Å²) in [6.07, 6.45) is 8.63. The second-order valence-electron chi connectivity index (χ2n) is 9.19. The van der Waals surface area contributed by atoms with Gasteiger partial charge in [-0.1, -0.05) is 38.3 Å². The zero-order valence-electron chi connectivity index (χ0n) is 21.7. The molecule has 0 aliphatic heterocycles. The van der Waals surface area contributed by atoms with Crippen LogP contribution in [0.1, 0.15) is 35.6 Å². The van der Waals surface area contributed by atoms with Crippen LogP contribution in [0.25, 0.3) is 5.57 Å². The predicted molar refractivity (Wildman–Crippen MR) is 155 cm³/mol. The molecule has 1 aliphatic carbocycles. The van der Waals surface area contributed by atoms with E-state index >= 15 is 0 Å². The van der Waals surface area contributed by atoms with Gasteiger partial charge in [0.1, 0.15) is 0 Å². The number of nitrogens with zero attached hydrogens (tertiary/aromatic N) is 2. The van der Waals surface area contributed by atoms with Gasteiger partial charge in [0.25, 0.3) is 0 Å². The van der Waals surface area contributed by atoms with Gasteiger partial charge in [0, 0.05) is 56.2 Å². The molecule has 2 aromatic carbocycles. The van der Waals surface area contributed by atoms with Gasteiger partial charge in [0.05, 0.1) is 5.69 Å². The summed E-state index contributed by atoms with van der Waals surface area (Å²) in [7, 11) is 1.96. The van der Waals surface area contributed by atoms with Gasteiger partial charge < -0.3 is 21.8 Å². The number of hydrazine groups is 1. The van der Waals surface area contributed by atoms with E-state index in [2.05, 4.69) is 53.8 Å². The molecule has 0 heterocycles. The van der Waals surface area contributed by atoms with Crippen LogP contribution in [0.15, 0.2) is 61.5 Å². The Labute approximate surface area is 216 Å². The zero-order valence-corrected chi connectivity index (χ0v) is 21.7. The van der Waals surface area contributed by atoms with Gasteiger partial charge in [0.2, 0.25) is 0 Å². The van der Waals surface area contributed by atoms with Gasteiger partial charge in [-0.25, -0.2) is 5.84 Å². The van der Waals surface area contributed by atoms with E-state index in [1.807, 2.05) is 25.4 Å². The molecule has 7 heteroatoms. The number of hydrogen-bond donors (Lipinski definition) is 5. The minimum absolute atomic E-state index is 0.662. The van der Waals surface area contributed by atoms with E-state index in [0.29, 0.717) is 6.54 Å². The van der Waals surface area contributed by atoms with Crippen LogP contribution in [0.4, 0.5) is 17.1 Å². The third-order valence-corrected chi connectivity index (χ3v) is 6.84. The highest BCUT2D eigenvalue weighted by molar-refractivity contribution is 5.78. The van der Waals surface area contributed by atoms with Gasteiger partial charge in [-0.3, -0.25) is 9.91 Å². The Hall–Kier alpha value is -3.39. The molecule has 192 valence electrons. The van der Waals surface area contributed by atoms with Crippen LogP contribution >= 0.6 is 0 Å². The first-order valence-electron chi connectivity index (χ1n) is 12.6. The van der Waals surface area contributed by atoms with Crippen molar-refractivity contribution in [2.45, 2.75) is 32.6 Å². The summed E-state index contributed by atoms with van der Waals surface area (Å²) in [6.45, 7) is 13.3. The SMILES string of the molecule is C=CN(N)c1cc(N/C=C(\C=N)CN(CCNC)CCc2ccc3c(c2N)CCC3=C)ccc1CC. The monoisotopic (exact) mass is 487 g/mol. The molecule has 7 N–H and O–H groups in total. The number of likely N-dealkylation sites (N-methyl/N-ethyl adjacent to an activating group) is 1. The molecule has 0 atom stereocenters. The van der Waals surface area contributed by atoms with Crippen LogP contribution in [0.5, 0.6) is 0 Å². The average Bonchev–Trinajstić information content (AvgIpc) is 3.29. The van der Waals surface area contributed by atoms with Gasteiger partial charge in [-0.2, -0.15) is 0 Å². The van der Waals surface area contributed by atoms with Crippen molar-refractivity contribution < 1.29 is 0 Å². The maximum atomic E-state index is 7.99. The van der Waals surface area contributed by atoms with Crippen LogP contribution in [0.3, 0.4) is 0 Å². The highest BCUT2D eigenvalue weighted by atomic mass is 15.4. The summed E-state index contributed by atoms with van der Waals surface area (Å²) < 4.78 is 0. The smallest absolute Gasteiger partial charge is 0.0620 e. The molecule has 2 aromatic rings. The van der Waals surface area contributed by atoms with E-state index in [1.54, 1.807) is 6.20 Å². The van der Waals surface area contributed by atoms with E-state index < -0.39 is 0 Å². The lowest BCUT2D eigenvalue weighted by Gasteiger charge is -2.23. The lowest BCUT2D eigenvalue weighted by atomic mass is 10.00. The van der Waals surface area contributed by atoms with Gasteiger partial charge in [0.15, 0.2) is 0 Å². The second-order valence-corrected chi connectivity index (χ2v) is 9.19. The van der Waals surface area contributed by atoms with Crippen molar-refractivity contribution in [3.05, 3.63) is 83.7 Å². The number of nitrogen functional groups attached to an aromatic ring is 1. The maximum Gasteiger partial charge on any atom is 0.0620 e. The minimum Gasteiger partial charge on any atom is -0.398 e. The summed E-state index contributed by atoms with van der Waals surface area (Å²) in [4.78, 5) is 2.35. The Morgan fingerprint density at radius 1 is 1.17 bits per heavy atom. The van der Waals surface area contributed by atoms with Crippen LogP contribution in [0, 0.1) is 5.41 Å². The quantitative estimate of drug-likeness (QED) is 0.118. The largest absolute Gasteiger partial charge is 0.398 e. The third-order valence-electron chi connectivity index (χ3n) is 6.84. The number of nitrogens with one attached hydrogen (secondary N) is 3.